The van der Waals surface area contributed by atoms with Gasteiger partial charge < -0.3 is 15.6 Å². The van der Waals surface area contributed by atoms with E-state index in [1.165, 1.54) is 6.39 Å². The van der Waals surface area contributed by atoms with Crippen LogP contribution in [0.2, 0.25) is 0 Å². The summed E-state index contributed by atoms with van der Waals surface area (Å²) in [7, 11) is 0. The van der Waals surface area contributed by atoms with Crippen molar-refractivity contribution in [2.24, 2.45) is 0 Å². The number of hydrogen-bond donors (Lipinski definition) is 2. The number of nitrogens with zero attached hydrogens (tertiary/aromatic N) is 4. The number of anilines is 1. The van der Waals surface area contributed by atoms with Crippen molar-refractivity contribution in [2.75, 3.05) is 5.73 Å². The average molecular weight is 234 g/mol. The molecule has 0 unspecified atom stereocenters. The topological polar surface area (TPSA) is 120 Å². The molecule has 3 N–H and O–H groups in total. The SMILES string of the molecule is Cc1cc(C(=O)NCc2ncon2)nc(N)n1. The standard InChI is InChI=1S/C9H10N6O2/c1-5-2-6(14-9(10)13-5)8(16)11-3-7-12-4-17-15-7/h2,4H,3H2,1H3,(H,11,16)(H2,10,13,14). The normalized spacial score (nSPS) is 10.2. The van der Waals surface area contributed by atoms with Crippen LogP contribution in [0.4, 0.5) is 5.95 Å². The van der Waals surface area contributed by atoms with Gasteiger partial charge in [0, 0.05) is 5.69 Å². The third kappa shape index (κ3) is 2.74. The molecular formula is C9H10N6O2. The molecule has 2 heterocycles. The van der Waals surface area contributed by atoms with Crippen LogP contribution in [0, 0.1) is 6.92 Å². The van der Waals surface area contributed by atoms with Gasteiger partial charge in [0.15, 0.2) is 5.82 Å². The zero-order valence-corrected chi connectivity index (χ0v) is 9.04. The van der Waals surface area contributed by atoms with Crippen LogP contribution in [-0.4, -0.2) is 26.0 Å². The molecule has 0 aliphatic heterocycles. The molecule has 0 spiro atoms. The van der Waals surface area contributed by atoms with Gasteiger partial charge in [-0.15, -0.1) is 0 Å². The van der Waals surface area contributed by atoms with E-state index in [2.05, 4.69) is 29.9 Å². The highest BCUT2D eigenvalue weighted by Gasteiger charge is 2.10. The number of carbonyl (C=O) groups is 1. The summed E-state index contributed by atoms with van der Waals surface area (Å²) in [5, 5.41) is 6.14. The number of aromatic nitrogens is 4. The summed E-state index contributed by atoms with van der Waals surface area (Å²) in [5.41, 5.74) is 6.28. The molecule has 2 aromatic heterocycles. The smallest absolute Gasteiger partial charge is 0.270 e. The lowest BCUT2D eigenvalue weighted by Gasteiger charge is -2.03. The Morgan fingerprint density at radius 2 is 2.35 bits per heavy atom. The Kier molecular flexibility index (Phi) is 2.95. The summed E-state index contributed by atoms with van der Waals surface area (Å²) in [4.78, 5) is 23.2. The van der Waals surface area contributed by atoms with E-state index in [0.29, 0.717) is 11.5 Å². The molecule has 1 amide bonds. The quantitative estimate of drug-likeness (QED) is 0.746. The molecule has 0 aliphatic rings. The van der Waals surface area contributed by atoms with Crippen molar-refractivity contribution in [3.8, 4) is 0 Å². The van der Waals surface area contributed by atoms with Crippen molar-refractivity contribution in [3.63, 3.8) is 0 Å². The predicted molar refractivity (Wildman–Crippen MR) is 56.6 cm³/mol. The van der Waals surface area contributed by atoms with Crippen molar-refractivity contribution < 1.29 is 9.32 Å². The van der Waals surface area contributed by atoms with E-state index in [0.717, 1.165) is 0 Å². The lowest BCUT2D eigenvalue weighted by molar-refractivity contribution is 0.0944. The lowest BCUT2D eigenvalue weighted by atomic mass is 10.3. The van der Waals surface area contributed by atoms with Crippen LogP contribution in [0.3, 0.4) is 0 Å². The Bertz CT molecular complexity index is 504. The van der Waals surface area contributed by atoms with Crippen molar-refractivity contribution in [3.05, 3.63) is 29.7 Å². The van der Waals surface area contributed by atoms with Gasteiger partial charge in [0.2, 0.25) is 12.3 Å². The first-order valence-electron chi connectivity index (χ1n) is 4.80. The first kappa shape index (κ1) is 11.0. The van der Waals surface area contributed by atoms with Gasteiger partial charge in [-0.25, -0.2) is 9.97 Å². The summed E-state index contributed by atoms with van der Waals surface area (Å²) in [5.74, 6) is 0.0822. The van der Waals surface area contributed by atoms with E-state index in [9.17, 15) is 4.79 Å². The van der Waals surface area contributed by atoms with Crippen LogP contribution in [0.1, 0.15) is 22.0 Å². The number of amides is 1. The molecule has 88 valence electrons. The zero-order valence-electron chi connectivity index (χ0n) is 9.04. The first-order valence-corrected chi connectivity index (χ1v) is 4.80. The van der Waals surface area contributed by atoms with E-state index in [1.807, 2.05) is 0 Å². The molecule has 0 saturated heterocycles. The largest absolute Gasteiger partial charge is 0.368 e. The number of carbonyl (C=O) groups excluding carboxylic acids is 1. The minimum atomic E-state index is -0.369. The monoisotopic (exact) mass is 234 g/mol. The zero-order chi connectivity index (χ0) is 12.3. The van der Waals surface area contributed by atoms with Crippen LogP contribution < -0.4 is 11.1 Å². The second-order valence-corrected chi connectivity index (χ2v) is 3.28. The second-order valence-electron chi connectivity index (χ2n) is 3.28. The van der Waals surface area contributed by atoms with Crippen molar-refractivity contribution >= 4 is 11.9 Å². The van der Waals surface area contributed by atoms with Gasteiger partial charge in [-0.2, -0.15) is 4.98 Å². The molecule has 0 radical (unpaired) electrons. The fourth-order valence-electron chi connectivity index (χ4n) is 1.23. The van der Waals surface area contributed by atoms with Crippen molar-refractivity contribution in [2.45, 2.75) is 13.5 Å². The maximum Gasteiger partial charge on any atom is 0.270 e. The second kappa shape index (κ2) is 4.56. The van der Waals surface area contributed by atoms with E-state index in [-0.39, 0.29) is 24.1 Å². The van der Waals surface area contributed by atoms with Crippen LogP contribution in [-0.2, 0) is 6.54 Å². The predicted octanol–water partition coefficient (Wildman–Crippen LogP) is -0.320. The first-order chi connectivity index (χ1) is 8.15. The highest BCUT2D eigenvalue weighted by Crippen LogP contribution is 2.01. The van der Waals surface area contributed by atoms with E-state index < -0.39 is 0 Å². The molecule has 0 fully saturated rings. The molecule has 8 heteroatoms. The van der Waals surface area contributed by atoms with E-state index >= 15 is 0 Å². The minimum absolute atomic E-state index is 0.0645. The molecule has 0 aliphatic carbocycles. The maximum atomic E-state index is 11.7. The number of nitrogens with one attached hydrogen (secondary N) is 1. The summed E-state index contributed by atoms with van der Waals surface area (Å²) < 4.78 is 4.53. The molecule has 2 rings (SSSR count). The van der Waals surface area contributed by atoms with Crippen molar-refractivity contribution in [1.82, 2.24) is 25.4 Å². The number of aryl methyl sites for hydroxylation is 1. The Balaban J connectivity index is 2.04. The molecule has 0 aromatic carbocycles. The minimum Gasteiger partial charge on any atom is -0.368 e. The summed E-state index contributed by atoms with van der Waals surface area (Å²) >= 11 is 0. The Labute approximate surface area is 96.3 Å². The summed E-state index contributed by atoms with van der Waals surface area (Å²) in [6.07, 6.45) is 1.19. The molecular weight excluding hydrogens is 224 g/mol. The molecule has 8 nitrogen and oxygen atoms in total. The van der Waals surface area contributed by atoms with Crippen LogP contribution in [0.5, 0.6) is 0 Å². The molecule has 0 bridgehead atoms. The molecule has 2 aromatic rings. The van der Waals surface area contributed by atoms with Gasteiger partial charge >= 0.3 is 0 Å². The molecule has 0 saturated carbocycles. The van der Waals surface area contributed by atoms with Gasteiger partial charge in [0.05, 0.1) is 6.54 Å². The number of nitrogen functional groups attached to an aromatic ring is 1. The van der Waals surface area contributed by atoms with E-state index in [4.69, 9.17) is 5.73 Å². The molecule has 17 heavy (non-hydrogen) atoms. The van der Waals surface area contributed by atoms with E-state index in [1.54, 1.807) is 13.0 Å². The average Bonchev–Trinajstić information content (AvgIpc) is 2.77. The van der Waals surface area contributed by atoms with Gasteiger partial charge in [-0.1, -0.05) is 5.16 Å². The third-order valence-electron chi connectivity index (χ3n) is 1.92. The van der Waals surface area contributed by atoms with Gasteiger partial charge in [-0.3, -0.25) is 4.79 Å². The highest BCUT2D eigenvalue weighted by atomic mass is 16.5. The fraction of sp³-hybridized carbons (Fsp3) is 0.222. The Hall–Kier alpha value is -2.51. The van der Waals surface area contributed by atoms with Crippen molar-refractivity contribution in [1.29, 1.82) is 0 Å². The fourth-order valence-corrected chi connectivity index (χ4v) is 1.23. The lowest BCUT2D eigenvalue weighted by Crippen LogP contribution is -2.25. The van der Waals surface area contributed by atoms with Crippen LogP contribution in [0.25, 0.3) is 0 Å². The van der Waals surface area contributed by atoms with Gasteiger partial charge in [0.25, 0.3) is 5.91 Å². The maximum absolute atomic E-state index is 11.7. The third-order valence-corrected chi connectivity index (χ3v) is 1.92. The highest BCUT2D eigenvalue weighted by molar-refractivity contribution is 5.92. The van der Waals surface area contributed by atoms with Crippen LogP contribution >= 0.6 is 0 Å². The number of nitrogens with two attached hydrogens (primary N) is 1. The Morgan fingerprint density at radius 1 is 1.53 bits per heavy atom. The number of rotatable bonds is 3. The number of hydrogen-bond acceptors (Lipinski definition) is 7. The molecule has 0 atom stereocenters. The van der Waals surface area contributed by atoms with Gasteiger partial charge in [0.1, 0.15) is 5.69 Å². The summed E-state index contributed by atoms with van der Waals surface area (Å²) in [6.45, 7) is 1.90. The summed E-state index contributed by atoms with van der Waals surface area (Å²) in [6, 6.07) is 1.54. The van der Waals surface area contributed by atoms with Gasteiger partial charge in [-0.05, 0) is 13.0 Å². The Morgan fingerprint density at radius 3 is 3.00 bits per heavy atom. The van der Waals surface area contributed by atoms with Crippen LogP contribution in [0.15, 0.2) is 17.0 Å².